The first kappa shape index (κ1) is 19.5. The van der Waals surface area contributed by atoms with Gasteiger partial charge in [0.05, 0.1) is 4.90 Å². The van der Waals surface area contributed by atoms with E-state index in [1.54, 1.807) is 30.6 Å². The van der Waals surface area contributed by atoms with Crippen LogP contribution in [-0.2, 0) is 14.8 Å². The minimum Gasteiger partial charge on any atom is -0.326 e. The lowest BCUT2D eigenvalue weighted by molar-refractivity contribution is -0.120. The molecule has 0 bridgehead atoms. The summed E-state index contributed by atoms with van der Waals surface area (Å²) in [7, 11) is -3.67. The average molecular weight is 413 g/mol. The molecule has 3 aromatic rings. The summed E-state index contributed by atoms with van der Waals surface area (Å²) in [6, 6.07) is 12.4. The highest BCUT2D eigenvalue weighted by molar-refractivity contribution is 7.89. The van der Waals surface area contributed by atoms with Crippen LogP contribution >= 0.6 is 0 Å². The van der Waals surface area contributed by atoms with E-state index in [-0.39, 0.29) is 35.6 Å². The molecule has 0 atom stereocenters. The van der Waals surface area contributed by atoms with Gasteiger partial charge in [-0.25, -0.2) is 12.8 Å². The number of nitrogens with one attached hydrogen (secondary N) is 1. The van der Waals surface area contributed by atoms with E-state index in [0.717, 1.165) is 5.39 Å². The number of anilines is 1. The lowest BCUT2D eigenvalue weighted by Crippen LogP contribution is -2.41. The van der Waals surface area contributed by atoms with Crippen molar-refractivity contribution in [2.75, 3.05) is 18.4 Å². The largest absolute Gasteiger partial charge is 0.326 e. The van der Waals surface area contributed by atoms with Crippen LogP contribution in [0.4, 0.5) is 10.1 Å². The molecule has 0 radical (unpaired) electrons. The monoisotopic (exact) mass is 413 g/mol. The summed E-state index contributed by atoms with van der Waals surface area (Å²) in [6.45, 7) is 0.538. The number of sulfonamides is 1. The minimum atomic E-state index is -3.67. The second-order valence-electron chi connectivity index (χ2n) is 7.03. The molecule has 150 valence electrons. The first-order valence-electron chi connectivity index (χ1n) is 9.34. The molecule has 0 aliphatic carbocycles. The molecule has 8 heteroatoms. The number of aromatic nitrogens is 1. The molecule has 1 aromatic heterocycles. The van der Waals surface area contributed by atoms with E-state index in [2.05, 4.69) is 10.3 Å². The maximum atomic E-state index is 13.2. The van der Waals surface area contributed by atoms with E-state index < -0.39 is 10.0 Å². The van der Waals surface area contributed by atoms with Crippen LogP contribution in [0.3, 0.4) is 0 Å². The maximum Gasteiger partial charge on any atom is 0.243 e. The predicted molar refractivity (Wildman–Crippen MR) is 108 cm³/mol. The molecule has 1 saturated heterocycles. The Kier molecular flexibility index (Phi) is 5.29. The van der Waals surface area contributed by atoms with E-state index in [1.807, 2.05) is 6.07 Å². The van der Waals surface area contributed by atoms with Crippen molar-refractivity contribution in [3.05, 3.63) is 66.7 Å². The molecule has 0 saturated carbocycles. The Labute approximate surface area is 168 Å². The minimum absolute atomic E-state index is 0.176. The van der Waals surface area contributed by atoms with Crippen molar-refractivity contribution in [2.24, 2.45) is 5.92 Å². The standard InChI is InChI=1S/C21H20FN3O3S/c22-17-4-6-18(7-5-17)24-21(26)15-9-12-25(13-10-15)29(27,28)20-3-1-2-16-14-23-11-8-19(16)20/h1-8,11,14-15H,9-10,12-13H2,(H,24,26). The number of nitrogens with zero attached hydrogens (tertiary/aromatic N) is 2. The van der Waals surface area contributed by atoms with Crippen LogP contribution in [0.2, 0.25) is 0 Å². The van der Waals surface area contributed by atoms with E-state index >= 15 is 0 Å². The summed E-state index contributed by atoms with van der Waals surface area (Å²) < 4.78 is 40.8. The third-order valence-corrected chi connectivity index (χ3v) is 7.15. The van der Waals surface area contributed by atoms with Crippen LogP contribution in [0.15, 0.2) is 65.8 Å². The molecule has 1 aliphatic heterocycles. The lowest BCUT2D eigenvalue weighted by Gasteiger charge is -2.30. The molecule has 1 fully saturated rings. The molecular weight excluding hydrogens is 393 g/mol. The second kappa shape index (κ2) is 7.88. The van der Waals surface area contributed by atoms with Crippen molar-refractivity contribution in [3.8, 4) is 0 Å². The average Bonchev–Trinajstić information content (AvgIpc) is 2.75. The maximum absolute atomic E-state index is 13.2. The van der Waals surface area contributed by atoms with Crippen LogP contribution in [0.25, 0.3) is 10.8 Å². The summed E-state index contributed by atoms with van der Waals surface area (Å²) in [5.41, 5.74) is 0.524. The number of amides is 1. The van der Waals surface area contributed by atoms with Gasteiger partial charge < -0.3 is 5.32 Å². The number of carbonyl (C=O) groups excluding carboxylic acids is 1. The van der Waals surface area contributed by atoms with Crippen LogP contribution in [0, 0.1) is 11.7 Å². The summed E-state index contributed by atoms with van der Waals surface area (Å²) in [6.07, 6.45) is 4.07. The lowest BCUT2D eigenvalue weighted by atomic mass is 9.97. The van der Waals surface area contributed by atoms with Crippen molar-refractivity contribution >= 4 is 32.4 Å². The summed E-state index contributed by atoms with van der Waals surface area (Å²) in [5.74, 6) is -0.834. The summed E-state index contributed by atoms with van der Waals surface area (Å²) >= 11 is 0. The first-order valence-corrected chi connectivity index (χ1v) is 10.8. The van der Waals surface area contributed by atoms with Crippen molar-refractivity contribution < 1.29 is 17.6 Å². The highest BCUT2D eigenvalue weighted by Crippen LogP contribution is 2.29. The van der Waals surface area contributed by atoms with Crippen molar-refractivity contribution in [2.45, 2.75) is 17.7 Å². The highest BCUT2D eigenvalue weighted by Gasteiger charge is 2.32. The number of hydrogen-bond acceptors (Lipinski definition) is 4. The Hall–Kier alpha value is -2.84. The Morgan fingerprint density at radius 2 is 1.79 bits per heavy atom. The fraction of sp³-hybridized carbons (Fsp3) is 0.238. The number of carbonyl (C=O) groups is 1. The molecule has 6 nitrogen and oxygen atoms in total. The third-order valence-electron chi connectivity index (χ3n) is 5.20. The zero-order chi connectivity index (χ0) is 20.4. The normalized spacial score (nSPS) is 16.0. The van der Waals surface area contributed by atoms with Gasteiger partial charge in [0.15, 0.2) is 0 Å². The predicted octanol–water partition coefficient (Wildman–Crippen LogP) is 3.41. The second-order valence-corrected chi connectivity index (χ2v) is 8.93. The van der Waals surface area contributed by atoms with E-state index in [1.165, 1.54) is 28.6 Å². The molecule has 4 rings (SSSR count). The van der Waals surface area contributed by atoms with Gasteiger partial charge in [-0.3, -0.25) is 9.78 Å². The third kappa shape index (κ3) is 3.99. The van der Waals surface area contributed by atoms with Gasteiger partial charge in [0.1, 0.15) is 5.82 Å². The van der Waals surface area contributed by atoms with Gasteiger partial charge in [-0.2, -0.15) is 4.31 Å². The molecule has 0 unspecified atom stereocenters. The number of piperidine rings is 1. The fourth-order valence-corrected chi connectivity index (χ4v) is 5.28. The fourth-order valence-electron chi connectivity index (χ4n) is 3.59. The molecular formula is C21H20FN3O3S. The molecule has 0 spiro atoms. The van der Waals surface area contributed by atoms with Crippen LogP contribution in [0.5, 0.6) is 0 Å². The van der Waals surface area contributed by atoms with E-state index in [9.17, 15) is 17.6 Å². The SMILES string of the molecule is O=C(Nc1ccc(F)cc1)C1CCN(S(=O)(=O)c2cccc3cnccc23)CC1. The Balaban J connectivity index is 1.46. The number of rotatable bonds is 4. The molecule has 2 aromatic carbocycles. The topological polar surface area (TPSA) is 79.4 Å². The van der Waals surface area contributed by atoms with Gasteiger partial charge in [-0.05, 0) is 49.2 Å². The van der Waals surface area contributed by atoms with Gasteiger partial charge in [-0.1, -0.05) is 12.1 Å². The number of hydrogen-bond donors (Lipinski definition) is 1. The Morgan fingerprint density at radius 1 is 1.07 bits per heavy atom. The summed E-state index contributed by atoms with van der Waals surface area (Å²) in [4.78, 5) is 16.8. The van der Waals surface area contributed by atoms with Gasteiger partial charge in [0.2, 0.25) is 15.9 Å². The Bertz CT molecular complexity index is 1140. The van der Waals surface area contributed by atoms with Crippen molar-refractivity contribution in [1.29, 1.82) is 0 Å². The van der Waals surface area contributed by atoms with Crippen LogP contribution in [-0.4, -0.2) is 36.7 Å². The van der Waals surface area contributed by atoms with Gasteiger partial charge in [0.25, 0.3) is 0 Å². The highest BCUT2D eigenvalue weighted by atomic mass is 32.2. The zero-order valence-electron chi connectivity index (χ0n) is 15.6. The number of halogens is 1. The smallest absolute Gasteiger partial charge is 0.243 e. The molecule has 1 N–H and O–H groups in total. The summed E-state index contributed by atoms with van der Waals surface area (Å²) in [5, 5.41) is 4.17. The van der Waals surface area contributed by atoms with Gasteiger partial charge >= 0.3 is 0 Å². The first-order chi connectivity index (χ1) is 13.9. The van der Waals surface area contributed by atoms with Gasteiger partial charge in [0, 0.05) is 47.9 Å². The van der Waals surface area contributed by atoms with E-state index in [0.29, 0.717) is 23.9 Å². The molecule has 1 amide bonds. The van der Waals surface area contributed by atoms with Gasteiger partial charge in [-0.15, -0.1) is 0 Å². The number of pyridine rings is 1. The zero-order valence-corrected chi connectivity index (χ0v) is 16.4. The van der Waals surface area contributed by atoms with Crippen LogP contribution in [0.1, 0.15) is 12.8 Å². The number of benzene rings is 2. The Morgan fingerprint density at radius 3 is 2.52 bits per heavy atom. The molecule has 2 heterocycles. The van der Waals surface area contributed by atoms with Crippen molar-refractivity contribution in [1.82, 2.24) is 9.29 Å². The molecule has 1 aliphatic rings. The van der Waals surface area contributed by atoms with E-state index in [4.69, 9.17) is 0 Å². The number of fused-ring (bicyclic) bond motifs is 1. The molecule has 29 heavy (non-hydrogen) atoms. The quantitative estimate of drug-likeness (QED) is 0.711. The van der Waals surface area contributed by atoms with Crippen molar-refractivity contribution in [3.63, 3.8) is 0 Å². The van der Waals surface area contributed by atoms with Crippen LogP contribution < -0.4 is 5.32 Å².